The summed E-state index contributed by atoms with van der Waals surface area (Å²) < 4.78 is 31.0. The van der Waals surface area contributed by atoms with Crippen LogP contribution in [0.1, 0.15) is 10.4 Å². The number of hydrogen-bond donors (Lipinski definition) is 0. The maximum atomic E-state index is 12.6. The van der Waals surface area contributed by atoms with E-state index in [1.165, 1.54) is 56.6 Å². The normalized spacial score (nSPS) is 11.1. The third-order valence-corrected chi connectivity index (χ3v) is 5.69. The molecule has 0 heterocycles. The number of halogens is 2. The molecule has 0 saturated carbocycles. The molecule has 0 saturated heterocycles. The number of benzene rings is 2. The summed E-state index contributed by atoms with van der Waals surface area (Å²) in [5.41, 5.74) is 0.704. The van der Waals surface area contributed by atoms with Crippen LogP contribution in [0.5, 0.6) is 0 Å². The van der Waals surface area contributed by atoms with Crippen LogP contribution in [0.15, 0.2) is 47.4 Å². The van der Waals surface area contributed by atoms with E-state index in [1.807, 2.05) is 0 Å². The quantitative estimate of drug-likeness (QED) is 0.767. The fourth-order valence-electron chi connectivity index (χ4n) is 1.90. The number of hydrogen-bond acceptors (Lipinski definition) is 4. The summed E-state index contributed by atoms with van der Waals surface area (Å²) >= 11 is 11.8. The highest BCUT2D eigenvalue weighted by molar-refractivity contribution is 7.93. The number of anilines is 1. The number of sulfonamides is 1. The van der Waals surface area contributed by atoms with E-state index in [9.17, 15) is 13.2 Å². The van der Waals surface area contributed by atoms with E-state index in [-0.39, 0.29) is 9.92 Å². The van der Waals surface area contributed by atoms with Gasteiger partial charge in [-0.15, -0.1) is 0 Å². The zero-order chi connectivity index (χ0) is 17.2. The number of esters is 1. The van der Waals surface area contributed by atoms with Crippen LogP contribution in [-0.4, -0.2) is 28.5 Å². The second-order valence-corrected chi connectivity index (χ2v) is 7.37. The summed E-state index contributed by atoms with van der Waals surface area (Å²) in [6.07, 6.45) is 0. The van der Waals surface area contributed by atoms with E-state index in [0.29, 0.717) is 16.3 Å². The van der Waals surface area contributed by atoms with Crippen LogP contribution in [-0.2, 0) is 14.8 Å². The molecular formula is C15H13Cl2NO4S. The summed E-state index contributed by atoms with van der Waals surface area (Å²) in [6.45, 7) is 0. The lowest BCUT2D eigenvalue weighted by Crippen LogP contribution is -2.26. The molecule has 0 unspecified atom stereocenters. The van der Waals surface area contributed by atoms with E-state index in [0.717, 1.165) is 4.31 Å². The van der Waals surface area contributed by atoms with Crippen molar-refractivity contribution in [3.05, 3.63) is 58.1 Å². The monoisotopic (exact) mass is 373 g/mol. The van der Waals surface area contributed by atoms with Crippen molar-refractivity contribution in [1.29, 1.82) is 0 Å². The Balaban J connectivity index is 2.38. The molecule has 2 aromatic rings. The van der Waals surface area contributed by atoms with Crippen LogP contribution in [0, 0.1) is 0 Å². The Bertz CT molecular complexity index is 835. The molecule has 0 radical (unpaired) electrons. The highest BCUT2D eigenvalue weighted by Crippen LogP contribution is 2.29. The summed E-state index contributed by atoms with van der Waals surface area (Å²) in [7, 11) is -1.18. The fraction of sp³-hybridized carbons (Fsp3) is 0.133. The summed E-state index contributed by atoms with van der Waals surface area (Å²) in [5.74, 6) is -0.497. The number of carbonyl (C=O) groups excluding carboxylic acids is 1. The van der Waals surface area contributed by atoms with Gasteiger partial charge in [0.05, 0.1) is 23.4 Å². The Morgan fingerprint density at radius 2 is 1.70 bits per heavy atom. The van der Waals surface area contributed by atoms with Gasteiger partial charge in [0.2, 0.25) is 0 Å². The molecule has 0 aliphatic heterocycles. The molecule has 8 heteroatoms. The van der Waals surface area contributed by atoms with Crippen molar-refractivity contribution in [3.63, 3.8) is 0 Å². The minimum Gasteiger partial charge on any atom is -0.465 e. The van der Waals surface area contributed by atoms with E-state index >= 15 is 0 Å². The van der Waals surface area contributed by atoms with Crippen molar-refractivity contribution in [3.8, 4) is 0 Å². The average molecular weight is 374 g/mol. The van der Waals surface area contributed by atoms with Crippen LogP contribution in [0.3, 0.4) is 0 Å². The standard InChI is InChI=1S/C15H13Cl2NO4S/c1-18(12-6-3-10(4-7-12)15(19)22-2)23(20,21)14-8-5-11(16)9-13(14)17/h3-9H,1-2H3. The van der Waals surface area contributed by atoms with Crippen LogP contribution in [0.25, 0.3) is 0 Å². The number of nitrogens with zero attached hydrogens (tertiary/aromatic N) is 1. The van der Waals surface area contributed by atoms with Gasteiger partial charge in [-0.2, -0.15) is 0 Å². The molecule has 0 aliphatic rings. The van der Waals surface area contributed by atoms with E-state index in [1.54, 1.807) is 0 Å². The fourth-order valence-corrected chi connectivity index (χ4v) is 3.84. The average Bonchev–Trinajstić information content (AvgIpc) is 2.53. The maximum absolute atomic E-state index is 12.6. The van der Waals surface area contributed by atoms with Gasteiger partial charge in [0, 0.05) is 12.1 Å². The SMILES string of the molecule is COC(=O)c1ccc(N(C)S(=O)(=O)c2ccc(Cl)cc2Cl)cc1. The molecule has 5 nitrogen and oxygen atoms in total. The van der Waals surface area contributed by atoms with Crippen molar-refractivity contribution >= 4 is 44.9 Å². The zero-order valence-corrected chi connectivity index (χ0v) is 14.6. The number of carbonyl (C=O) groups is 1. The molecular weight excluding hydrogens is 361 g/mol. The number of methoxy groups -OCH3 is 1. The van der Waals surface area contributed by atoms with Gasteiger partial charge in [-0.1, -0.05) is 23.2 Å². The van der Waals surface area contributed by atoms with Gasteiger partial charge in [0.1, 0.15) is 4.90 Å². The first-order chi connectivity index (χ1) is 10.8. The number of rotatable bonds is 4. The first kappa shape index (κ1) is 17.6. The lowest BCUT2D eigenvalue weighted by molar-refractivity contribution is 0.0601. The lowest BCUT2D eigenvalue weighted by atomic mass is 10.2. The maximum Gasteiger partial charge on any atom is 0.337 e. The molecule has 122 valence electrons. The lowest BCUT2D eigenvalue weighted by Gasteiger charge is -2.20. The molecule has 2 rings (SSSR count). The molecule has 0 aromatic heterocycles. The van der Waals surface area contributed by atoms with E-state index < -0.39 is 16.0 Å². The highest BCUT2D eigenvalue weighted by atomic mass is 35.5. The Morgan fingerprint density at radius 3 is 2.22 bits per heavy atom. The third kappa shape index (κ3) is 3.60. The Labute approximate surface area is 144 Å². The molecule has 2 aromatic carbocycles. The molecule has 0 aliphatic carbocycles. The molecule has 0 atom stereocenters. The van der Waals surface area contributed by atoms with E-state index in [2.05, 4.69) is 4.74 Å². The van der Waals surface area contributed by atoms with Crippen LogP contribution in [0.4, 0.5) is 5.69 Å². The van der Waals surface area contributed by atoms with Gasteiger partial charge in [0.25, 0.3) is 10.0 Å². The molecule has 0 spiro atoms. The first-order valence-electron chi connectivity index (χ1n) is 6.39. The van der Waals surface area contributed by atoms with Crippen LogP contribution < -0.4 is 4.31 Å². The highest BCUT2D eigenvalue weighted by Gasteiger charge is 2.24. The largest absolute Gasteiger partial charge is 0.465 e. The van der Waals surface area contributed by atoms with Crippen LogP contribution in [0.2, 0.25) is 10.0 Å². The second kappa shape index (κ2) is 6.78. The van der Waals surface area contributed by atoms with Gasteiger partial charge in [-0.25, -0.2) is 13.2 Å². The predicted molar refractivity (Wildman–Crippen MR) is 89.8 cm³/mol. The molecule has 0 fully saturated rings. The number of ether oxygens (including phenoxy) is 1. The van der Waals surface area contributed by atoms with Gasteiger partial charge in [-0.05, 0) is 42.5 Å². The summed E-state index contributed by atoms with van der Waals surface area (Å²) in [5, 5.41) is 0.384. The second-order valence-electron chi connectivity index (χ2n) is 4.59. The van der Waals surface area contributed by atoms with Gasteiger partial charge in [-0.3, -0.25) is 4.31 Å². The zero-order valence-electron chi connectivity index (χ0n) is 12.3. The molecule has 0 amide bonds. The van der Waals surface area contributed by atoms with Crippen molar-refractivity contribution in [1.82, 2.24) is 0 Å². The first-order valence-corrected chi connectivity index (χ1v) is 8.59. The molecule has 23 heavy (non-hydrogen) atoms. The van der Waals surface area contributed by atoms with Crippen molar-refractivity contribution < 1.29 is 17.9 Å². The Morgan fingerprint density at radius 1 is 1.09 bits per heavy atom. The van der Waals surface area contributed by atoms with Crippen LogP contribution >= 0.6 is 23.2 Å². The topological polar surface area (TPSA) is 63.7 Å². The smallest absolute Gasteiger partial charge is 0.337 e. The van der Waals surface area contributed by atoms with E-state index in [4.69, 9.17) is 23.2 Å². The van der Waals surface area contributed by atoms with Crippen molar-refractivity contribution in [2.45, 2.75) is 4.90 Å². The summed E-state index contributed by atoms with van der Waals surface area (Å²) in [4.78, 5) is 11.4. The molecule has 0 bridgehead atoms. The van der Waals surface area contributed by atoms with Gasteiger partial charge < -0.3 is 4.74 Å². The van der Waals surface area contributed by atoms with Crippen molar-refractivity contribution in [2.75, 3.05) is 18.5 Å². The minimum absolute atomic E-state index is 0.0375. The minimum atomic E-state index is -3.85. The van der Waals surface area contributed by atoms with Crippen molar-refractivity contribution in [2.24, 2.45) is 0 Å². The van der Waals surface area contributed by atoms with Gasteiger partial charge in [0.15, 0.2) is 0 Å². The predicted octanol–water partition coefficient (Wildman–Crippen LogP) is 3.61. The molecule has 0 N–H and O–H groups in total. The summed E-state index contributed by atoms with van der Waals surface area (Å²) in [6, 6.07) is 10.1. The Hall–Kier alpha value is -1.76. The Kier molecular flexibility index (Phi) is 5.19. The van der Waals surface area contributed by atoms with Gasteiger partial charge >= 0.3 is 5.97 Å². The third-order valence-electron chi connectivity index (χ3n) is 3.18.